The molecule has 6 nitrogen and oxygen atoms in total. The Balaban J connectivity index is 1.28. The molecule has 1 fully saturated rings. The van der Waals surface area contributed by atoms with Gasteiger partial charge in [0, 0.05) is 11.4 Å². The first kappa shape index (κ1) is 25.5. The third-order valence-electron chi connectivity index (χ3n) is 6.01. The molecule has 2 aromatic carbocycles. The maximum Gasteiger partial charge on any atom is 0.212 e. The van der Waals surface area contributed by atoms with Crippen LogP contribution in [0.1, 0.15) is 43.4 Å². The van der Waals surface area contributed by atoms with E-state index >= 15 is 0 Å². The van der Waals surface area contributed by atoms with E-state index in [4.69, 9.17) is 21.1 Å². The third kappa shape index (κ3) is 7.19. The van der Waals surface area contributed by atoms with Crippen LogP contribution >= 0.6 is 11.6 Å². The maximum atomic E-state index is 12.6. The minimum atomic E-state index is -3.44. The van der Waals surface area contributed by atoms with Crippen LogP contribution in [0.4, 0.5) is 0 Å². The van der Waals surface area contributed by atoms with Crippen LogP contribution in [-0.2, 0) is 16.4 Å². The fourth-order valence-electron chi connectivity index (χ4n) is 3.82. The van der Waals surface area contributed by atoms with Gasteiger partial charge in [-0.05, 0) is 73.9 Å². The molecule has 1 aliphatic rings. The predicted octanol–water partition coefficient (Wildman–Crippen LogP) is 5.86. The molecule has 186 valence electrons. The number of rotatable bonds is 12. The summed E-state index contributed by atoms with van der Waals surface area (Å²) in [5, 5.41) is 1.36. The minimum Gasteiger partial charge on any atom is -0.494 e. The van der Waals surface area contributed by atoms with Gasteiger partial charge >= 0.3 is 0 Å². The molecule has 4 rings (SSSR count). The minimum absolute atomic E-state index is 0.00656. The highest BCUT2D eigenvalue weighted by Crippen LogP contribution is 2.30. The van der Waals surface area contributed by atoms with Gasteiger partial charge in [0.05, 0.1) is 19.5 Å². The number of halogens is 1. The Morgan fingerprint density at radius 3 is 2.74 bits per heavy atom. The molecular weight excluding hydrogens is 484 g/mol. The Bertz CT molecular complexity index is 1310. The van der Waals surface area contributed by atoms with Crippen LogP contribution in [-0.4, -0.2) is 32.9 Å². The van der Waals surface area contributed by atoms with Gasteiger partial charge in [-0.15, -0.1) is 0 Å². The first-order valence-corrected chi connectivity index (χ1v) is 13.9. The standard InChI is InChI=1S/C27H31ClN2O4S/c1-19(21-9-6-11-24(17-21)34-18-20-13-14-20)30-35(31,32)15-5-3-4-8-23-16-22-10-7-12-25(33-2)26(22)29-27(23)28/h3-4,6-7,9-12,16-17,19-20,30H,5,8,13-15,18H2,1-2H3. The molecule has 35 heavy (non-hydrogen) atoms. The van der Waals surface area contributed by atoms with Crippen LogP contribution < -0.4 is 14.2 Å². The monoisotopic (exact) mass is 514 g/mol. The normalized spacial score (nSPS) is 14.9. The van der Waals surface area contributed by atoms with E-state index in [-0.39, 0.29) is 11.8 Å². The zero-order valence-corrected chi connectivity index (χ0v) is 21.6. The van der Waals surface area contributed by atoms with Crippen LogP contribution in [0.3, 0.4) is 0 Å². The van der Waals surface area contributed by atoms with Crippen molar-refractivity contribution in [3.63, 3.8) is 0 Å². The van der Waals surface area contributed by atoms with Gasteiger partial charge in [0.15, 0.2) is 0 Å². The smallest absolute Gasteiger partial charge is 0.212 e. The van der Waals surface area contributed by atoms with Crippen molar-refractivity contribution < 1.29 is 17.9 Å². The van der Waals surface area contributed by atoms with Gasteiger partial charge in [0.25, 0.3) is 0 Å². The van der Waals surface area contributed by atoms with Crippen LogP contribution in [0, 0.1) is 5.92 Å². The summed E-state index contributed by atoms with van der Waals surface area (Å²) >= 11 is 6.37. The van der Waals surface area contributed by atoms with E-state index in [1.807, 2.05) is 67.6 Å². The molecule has 0 bridgehead atoms. The molecule has 1 heterocycles. The Kier molecular flexibility index (Phi) is 8.31. The third-order valence-corrected chi connectivity index (χ3v) is 7.82. The number of ether oxygens (including phenoxy) is 2. The first-order valence-electron chi connectivity index (χ1n) is 11.8. The predicted molar refractivity (Wildman–Crippen MR) is 141 cm³/mol. The van der Waals surface area contributed by atoms with Gasteiger partial charge in [0.2, 0.25) is 10.0 Å². The number of allylic oxidation sites excluding steroid dienone is 2. The summed E-state index contributed by atoms with van der Waals surface area (Å²) in [4.78, 5) is 4.47. The Hall–Kier alpha value is -2.61. The Morgan fingerprint density at radius 2 is 1.97 bits per heavy atom. The number of hydrogen-bond donors (Lipinski definition) is 1. The number of aromatic nitrogens is 1. The summed E-state index contributed by atoms with van der Waals surface area (Å²) in [5.41, 5.74) is 2.48. The zero-order chi connectivity index (χ0) is 24.8. The van der Waals surface area contributed by atoms with Gasteiger partial charge in [-0.2, -0.15) is 0 Å². The zero-order valence-electron chi connectivity index (χ0n) is 20.0. The largest absolute Gasteiger partial charge is 0.494 e. The van der Waals surface area contributed by atoms with Crippen molar-refractivity contribution in [1.29, 1.82) is 0 Å². The number of sulfonamides is 1. The van der Waals surface area contributed by atoms with Crippen molar-refractivity contribution in [3.8, 4) is 11.5 Å². The van der Waals surface area contributed by atoms with E-state index in [0.717, 1.165) is 34.4 Å². The topological polar surface area (TPSA) is 77.5 Å². The molecule has 1 saturated carbocycles. The van der Waals surface area contributed by atoms with Crippen molar-refractivity contribution in [2.45, 2.75) is 38.6 Å². The maximum absolute atomic E-state index is 12.6. The summed E-state index contributed by atoms with van der Waals surface area (Å²) in [6, 6.07) is 15.0. The molecule has 1 unspecified atom stereocenters. The van der Waals surface area contributed by atoms with E-state index in [9.17, 15) is 8.42 Å². The molecule has 1 atom stereocenters. The average Bonchev–Trinajstić information content (AvgIpc) is 3.67. The lowest BCUT2D eigenvalue weighted by molar-refractivity contribution is 0.299. The first-order chi connectivity index (χ1) is 16.8. The summed E-state index contributed by atoms with van der Waals surface area (Å²) in [6.07, 6.45) is 7.21. The fourth-order valence-corrected chi connectivity index (χ4v) is 5.28. The van der Waals surface area contributed by atoms with E-state index in [1.54, 1.807) is 7.11 Å². The Morgan fingerprint density at radius 1 is 1.17 bits per heavy atom. The summed E-state index contributed by atoms with van der Waals surface area (Å²) in [7, 11) is -1.84. The second-order valence-electron chi connectivity index (χ2n) is 8.92. The summed E-state index contributed by atoms with van der Waals surface area (Å²) < 4.78 is 39.1. The van der Waals surface area contributed by atoms with Gasteiger partial charge in [-0.1, -0.05) is 48.0 Å². The van der Waals surface area contributed by atoms with Gasteiger partial charge in [-0.25, -0.2) is 18.1 Å². The van der Waals surface area contributed by atoms with E-state index < -0.39 is 10.0 Å². The molecule has 8 heteroatoms. The molecule has 3 aromatic rings. The number of pyridine rings is 1. The molecule has 0 saturated heterocycles. The van der Waals surface area contributed by atoms with Gasteiger partial charge < -0.3 is 9.47 Å². The molecule has 0 spiro atoms. The van der Waals surface area contributed by atoms with Crippen molar-refractivity contribution in [2.75, 3.05) is 19.5 Å². The molecule has 0 aliphatic heterocycles. The number of para-hydroxylation sites is 1. The highest BCUT2D eigenvalue weighted by atomic mass is 35.5. The van der Waals surface area contributed by atoms with E-state index in [0.29, 0.717) is 29.7 Å². The van der Waals surface area contributed by atoms with Crippen molar-refractivity contribution in [3.05, 3.63) is 77.0 Å². The number of methoxy groups -OCH3 is 1. The second kappa shape index (κ2) is 11.4. The summed E-state index contributed by atoms with van der Waals surface area (Å²) in [6.45, 7) is 2.57. The average molecular weight is 515 g/mol. The molecule has 1 aliphatic carbocycles. The van der Waals surface area contributed by atoms with Crippen LogP contribution in [0.25, 0.3) is 10.9 Å². The highest BCUT2D eigenvalue weighted by molar-refractivity contribution is 7.89. The molecule has 0 radical (unpaired) electrons. The lowest BCUT2D eigenvalue weighted by Crippen LogP contribution is -2.29. The fraction of sp³-hybridized carbons (Fsp3) is 0.370. The van der Waals surface area contributed by atoms with Crippen molar-refractivity contribution in [2.24, 2.45) is 5.92 Å². The van der Waals surface area contributed by atoms with E-state index in [1.165, 1.54) is 12.8 Å². The lowest BCUT2D eigenvalue weighted by Gasteiger charge is -2.15. The highest BCUT2D eigenvalue weighted by Gasteiger charge is 2.22. The van der Waals surface area contributed by atoms with Crippen molar-refractivity contribution in [1.82, 2.24) is 9.71 Å². The number of fused-ring (bicyclic) bond motifs is 1. The number of nitrogens with one attached hydrogen (secondary N) is 1. The van der Waals surface area contributed by atoms with Crippen molar-refractivity contribution >= 4 is 32.5 Å². The van der Waals surface area contributed by atoms with Crippen LogP contribution in [0.2, 0.25) is 5.15 Å². The molecule has 1 N–H and O–H groups in total. The lowest BCUT2D eigenvalue weighted by atomic mass is 10.1. The van der Waals surface area contributed by atoms with Crippen LogP contribution in [0.15, 0.2) is 60.7 Å². The van der Waals surface area contributed by atoms with E-state index in [2.05, 4.69) is 9.71 Å². The number of hydrogen-bond acceptors (Lipinski definition) is 5. The van der Waals surface area contributed by atoms with Crippen LogP contribution in [0.5, 0.6) is 11.5 Å². The molecule has 1 aromatic heterocycles. The van der Waals surface area contributed by atoms with Gasteiger partial charge in [0.1, 0.15) is 22.2 Å². The number of benzene rings is 2. The molecular formula is C27H31ClN2O4S. The number of nitrogens with zero attached hydrogens (tertiary/aromatic N) is 1. The van der Waals surface area contributed by atoms with Gasteiger partial charge in [-0.3, -0.25) is 0 Å². The summed E-state index contributed by atoms with van der Waals surface area (Å²) in [5.74, 6) is 2.13. The quantitative estimate of drug-likeness (QED) is 0.242. The Labute approximate surface area is 212 Å². The SMILES string of the molecule is COc1cccc2cc(CC=CCCS(=O)(=O)NC(C)c3cccc(OCC4CC4)c3)c(Cl)nc12. The molecule has 0 amide bonds. The second-order valence-corrected chi connectivity index (χ2v) is 11.2.